The second kappa shape index (κ2) is 10.2. The quantitative estimate of drug-likeness (QED) is 0.367. The Hall–Kier alpha value is -3.65. The van der Waals surface area contributed by atoms with E-state index in [1.807, 2.05) is 45.0 Å². The maximum absolute atomic E-state index is 13.3. The van der Waals surface area contributed by atoms with Crippen LogP contribution in [0.2, 0.25) is 0 Å². The first-order valence-corrected chi connectivity index (χ1v) is 12.7. The number of hydrogen-bond donors (Lipinski definition) is 1. The lowest BCUT2D eigenvalue weighted by Gasteiger charge is -2.29. The van der Waals surface area contributed by atoms with Crippen molar-refractivity contribution in [2.45, 2.75) is 72.5 Å². The van der Waals surface area contributed by atoms with Gasteiger partial charge in [0.15, 0.2) is 6.10 Å². The number of hydrogen-bond acceptors (Lipinski definition) is 3. The molecule has 206 valence electrons. The molecule has 0 unspecified atom stereocenters. The molecule has 0 saturated heterocycles. The highest BCUT2D eigenvalue weighted by atomic mass is 19.4. The molecule has 5 nitrogen and oxygen atoms in total. The summed E-state index contributed by atoms with van der Waals surface area (Å²) in [5.74, 6) is -1.51. The third kappa shape index (κ3) is 5.71. The molecule has 0 fully saturated rings. The molecule has 0 bridgehead atoms. The van der Waals surface area contributed by atoms with Crippen LogP contribution in [0.5, 0.6) is 0 Å². The minimum atomic E-state index is -4.49. The summed E-state index contributed by atoms with van der Waals surface area (Å²) >= 11 is 0. The van der Waals surface area contributed by atoms with Crippen molar-refractivity contribution in [3.63, 3.8) is 0 Å². The van der Waals surface area contributed by atoms with Gasteiger partial charge in [0.25, 0.3) is 5.91 Å². The summed E-state index contributed by atoms with van der Waals surface area (Å²) in [5, 5.41) is 10.3. The molecule has 1 aliphatic rings. The Balaban J connectivity index is 1.83. The maximum Gasteiger partial charge on any atom is 0.416 e. The van der Waals surface area contributed by atoms with Crippen molar-refractivity contribution in [2.24, 2.45) is 0 Å². The molecule has 0 aromatic heterocycles. The fourth-order valence-electron chi connectivity index (χ4n) is 5.16. The van der Waals surface area contributed by atoms with E-state index < -0.39 is 35.3 Å². The van der Waals surface area contributed by atoms with Gasteiger partial charge in [-0.15, -0.1) is 0 Å². The summed E-state index contributed by atoms with van der Waals surface area (Å²) in [7, 11) is 0. The van der Waals surface area contributed by atoms with E-state index in [2.05, 4.69) is 0 Å². The number of ether oxygens (including phenoxy) is 1. The van der Waals surface area contributed by atoms with Crippen LogP contribution in [-0.4, -0.2) is 27.5 Å². The number of carboxylic acid groups (broad SMARTS) is 1. The second-order valence-electron chi connectivity index (χ2n) is 11.0. The highest BCUT2D eigenvalue weighted by Crippen LogP contribution is 2.44. The third-order valence-electron chi connectivity index (χ3n) is 7.06. The molecular formula is C31H32F3NO4. The lowest BCUT2D eigenvalue weighted by atomic mass is 9.83. The van der Waals surface area contributed by atoms with Crippen LogP contribution in [-0.2, 0) is 28.8 Å². The minimum Gasteiger partial charge on any atom is -0.479 e. The Labute approximate surface area is 226 Å². The lowest BCUT2D eigenvalue weighted by molar-refractivity contribution is -0.160. The highest BCUT2D eigenvalue weighted by Gasteiger charge is 2.37. The summed E-state index contributed by atoms with van der Waals surface area (Å²) in [6.07, 6.45) is -5.73. The predicted molar refractivity (Wildman–Crippen MR) is 142 cm³/mol. The average Bonchev–Trinajstić information content (AvgIpc) is 3.30. The summed E-state index contributed by atoms with van der Waals surface area (Å²) in [4.78, 5) is 27.5. The smallest absolute Gasteiger partial charge is 0.416 e. The third-order valence-corrected chi connectivity index (χ3v) is 7.06. The van der Waals surface area contributed by atoms with E-state index in [0.717, 1.165) is 51.1 Å². The zero-order valence-electron chi connectivity index (χ0n) is 22.9. The molecule has 39 heavy (non-hydrogen) atoms. The number of fused-ring (bicyclic) bond motifs is 1. The van der Waals surface area contributed by atoms with Gasteiger partial charge in [-0.2, -0.15) is 13.2 Å². The number of rotatable bonds is 5. The van der Waals surface area contributed by atoms with Gasteiger partial charge < -0.3 is 14.7 Å². The number of alkyl halides is 3. The molecule has 1 amide bonds. The van der Waals surface area contributed by atoms with Gasteiger partial charge in [-0.1, -0.05) is 29.8 Å². The van der Waals surface area contributed by atoms with E-state index in [0.29, 0.717) is 5.56 Å². The maximum atomic E-state index is 13.3. The van der Waals surface area contributed by atoms with Gasteiger partial charge in [-0.3, -0.25) is 4.79 Å². The van der Waals surface area contributed by atoms with Crippen molar-refractivity contribution in [3.8, 4) is 11.1 Å². The fourth-order valence-corrected chi connectivity index (χ4v) is 5.16. The molecule has 8 heteroatoms. The average molecular weight is 540 g/mol. The number of halogens is 3. The van der Waals surface area contributed by atoms with Crippen molar-refractivity contribution in [3.05, 3.63) is 93.0 Å². The van der Waals surface area contributed by atoms with Crippen LogP contribution >= 0.6 is 0 Å². The van der Waals surface area contributed by atoms with Gasteiger partial charge in [0.2, 0.25) is 0 Å². The van der Waals surface area contributed by atoms with Gasteiger partial charge in [-0.05, 0) is 99.2 Å². The van der Waals surface area contributed by atoms with Gasteiger partial charge in [0.05, 0.1) is 11.2 Å². The van der Waals surface area contributed by atoms with Gasteiger partial charge in [-0.25, -0.2) is 4.79 Å². The molecule has 3 aromatic carbocycles. The SMILES string of the molecule is Cc1ccc(-c2c(C)c3c(c(C)c2[C@H](OC(C)(C)C)C(=O)O)CN(C(=O)c2ccc(C(F)(F)F)cc2)C3)cc1. The molecule has 1 N–H and O–H groups in total. The Morgan fingerprint density at radius 2 is 1.41 bits per heavy atom. The number of nitrogens with zero attached hydrogens (tertiary/aromatic N) is 1. The van der Waals surface area contributed by atoms with Crippen molar-refractivity contribution in [1.82, 2.24) is 4.90 Å². The topological polar surface area (TPSA) is 66.8 Å². The molecule has 1 aliphatic heterocycles. The first-order chi connectivity index (χ1) is 18.1. The molecule has 0 aliphatic carbocycles. The first-order valence-electron chi connectivity index (χ1n) is 12.7. The molecular weight excluding hydrogens is 507 g/mol. The zero-order chi connectivity index (χ0) is 28.9. The lowest BCUT2D eigenvalue weighted by Crippen LogP contribution is -2.28. The van der Waals surface area contributed by atoms with Gasteiger partial charge >= 0.3 is 12.1 Å². The highest BCUT2D eigenvalue weighted by molar-refractivity contribution is 5.95. The number of carbonyl (C=O) groups is 2. The summed E-state index contributed by atoms with van der Waals surface area (Å²) < 4.78 is 45.1. The monoisotopic (exact) mass is 539 g/mol. The van der Waals surface area contributed by atoms with Gasteiger partial charge in [0.1, 0.15) is 0 Å². The van der Waals surface area contributed by atoms with E-state index in [9.17, 15) is 27.9 Å². The van der Waals surface area contributed by atoms with Crippen LogP contribution in [0, 0.1) is 20.8 Å². The summed E-state index contributed by atoms with van der Waals surface area (Å²) in [5.41, 5.74) is 5.12. The van der Waals surface area contributed by atoms with Crippen LogP contribution in [0.15, 0.2) is 48.5 Å². The van der Waals surface area contributed by atoms with Crippen molar-refractivity contribution in [2.75, 3.05) is 0 Å². The summed E-state index contributed by atoms with van der Waals surface area (Å²) in [6, 6.07) is 12.0. The van der Waals surface area contributed by atoms with E-state index in [-0.39, 0.29) is 18.7 Å². The first kappa shape index (κ1) is 28.4. The van der Waals surface area contributed by atoms with E-state index in [1.54, 1.807) is 25.7 Å². The Morgan fingerprint density at radius 1 is 0.872 bits per heavy atom. The van der Waals surface area contributed by atoms with Crippen LogP contribution in [0.1, 0.15) is 76.2 Å². The number of carbonyl (C=O) groups excluding carboxylic acids is 1. The molecule has 0 saturated carbocycles. The molecule has 4 rings (SSSR count). The molecule has 0 radical (unpaired) electrons. The molecule has 1 atom stereocenters. The molecule has 3 aromatic rings. The van der Waals surface area contributed by atoms with Crippen LogP contribution in [0.3, 0.4) is 0 Å². The number of benzene rings is 3. The van der Waals surface area contributed by atoms with Crippen molar-refractivity contribution >= 4 is 11.9 Å². The molecule has 0 spiro atoms. The number of carboxylic acids is 1. The Bertz CT molecular complexity index is 1420. The standard InChI is InChI=1S/C31H32F3NO4/c1-17-7-9-20(10-8-17)25-18(2)23-15-35(28(36)21-11-13-22(14-12-21)31(32,33)34)16-24(23)19(3)26(25)27(29(37)38)39-30(4,5)6/h7-14,27H,15-16H2,1-6H3,(H,37,38)/t27-/m0/s1. The largest absolute Gasteiger partial charge is 0.479 e. The van der Waals surface area contributed by atoms with E-state index in [4.69, 9.17) is 4.74 Å². The van der Waals surface area contributed by atoms with Crippen molar-refractivity contribution in [1.29, 1.82) is 0 Å². The summed E-state index contributed by atoms with van der Waals surface area (Å²) in [6.45, 7) is 11.6. The van der Waals surface area contributed by atoms with Crippen molar-refractivity contribution < 1.29 is 32.6 Å². The number of aliphatic carboxylic acids is 1. The molecule has 1 heterocycles. The second-order valence-corrected chi connectivity index (χ2v) is 11.0. The zero-order valence-corrected chi connectivity index (χ0v) is 22.9. The Kier molecular flexibility index (Phi) is 7.38. The predicted octanol–water partition coefficient (Wildman–Crippen LogP) is 7.39. The minimum absolute atomic E-state index is 0.157. The van der Waals surface area contributed by atoms with Gasteiger partial charge in [0, 0.05) is 24.2 Å². The normalized spacial score (nSPS) is 14.3. The van der Waals surface area contributed by atoms with Crippen LogP contribution in [0.25, 0.3) is 11.1 Å². The van der Waals surface area contributed by atoms with Crippen LogP contribution in [0.4, 0.5) is 13.2 Å². The van der Waals surface area contributed by atoms with Crippen LogP contribution < -0.4 is 0 Å². The fraction of sp³-hybridized carbons (Fsp3) is 0.355. The Morgan fingerprint density at radius 3 is 1.90 bits per heavy atom. The van der Waals surface area contributed by atoms with E-state index in [1.165, 1.54) is 12.1 Å². The number of amides is 1. The number of aryl methyl sites for hydroxylation is 1. The van der Waals surface area contributed by atoms with E-state index >= 15 is 0 Å².